The molecule has 0 fully saturated rings. The van der Waals surface area contributed by atoms with Crippen molar-refractivity contribution in [1.29, 1.82) is 0 Å². The molecule has 0 aliphatic heterocycles. The van der Waals surface area contributed by atoms with Crippen LogP contribution in [-0.4, -0.2) is 15.0 Å². The molecule has 28 heavy (non-hydrogen) atoms. The summed E-state index contributed by atoms with van der Waals surface area (Å²) in [6.07, 6.45) is 0.873. The van der Waals surface area contributed by atoms with Crippen molar-refractivity contribution in [2.24, 2.45) is 7.05 Å². The molecule has 0 spiro atoms. The maximum absolute atomic E-state index is 12.6. The molecule has 3 aromatic carbocycles. The largest absolute Gasteiger partial charge is 0.329 e. The number of aryl methyl sites for hydroxylation is 1. The highest BCUT2D eigenvalue weighted by Gasteiger charge is 2.19. The number of hydrogen-bond donors (Lipinski definition) is 1. The first-order chi connectivity index (χ1) is 13.6. The van der Waals surface area contributed by atoms with Gasteiger partial charge in [0, 0.05) is 12.7 Å². The Morgan fingerprint density at radius 1 is 0.929 bits per heavy atom. The highest BCUT2D eigenvalue weighted by molar-refractivity contribution is 5.92. The van der Waals surface area contributed by atoms with Crippen molar-refractivity contribution in [2.75, 3.05) is 5.32 Å². The fourth-order valence-corrected chi connectivity index (χ4v) is 4.08. The summed E-state index contributed by atoms with van der Waals surface area (Å²) in [7, 11) is 1.72. The molecule has 1 heterocycles. The van der Waals surface area contributed by atoms with Gasteiger partial charge in [-0.3, -0.25) is 13.9 Å². The predicted octanol–water partition coefficient (Wildman–Crippen LogP) is 3.55. The molecule has 0 saturated carbocycles. The summed E-state index contributed by atoms with van der Waals surface area (Å²) in [4.78, 5) is 25.1. The molecule has 5 nitrogen and oxygen atoms in total. The lowest BCUT2D eigenvalue weighted by molar-refractivity contribution is -0.116. The van der Waals surface area contributed by atoms with E-state index in [-0.39, 0.29) is 18.1 Å². The molecular formula is C23H19N3O2. The molecule has 0 unspecified atom stereocenters. The Kier molecular flexibility index (Phi) is 3.69. The lowest BCUT2D eigenvalue weighted by Gasteiger charge is -2.08. The molecule has 1 aliphatic carbocycles. The van der Waals surface area contributed by atoms with Gasteiger partial charge in [-0.1, -0.05) is 42.5 Å². The molecular weight excluding hydrogens is 350 g/mol. The van der Waals surface area contributed by atoms with E-state index in [0.29, 0.717) is 0 Å². The normalized spacial score (nSPS) is 12.0. The number of para-hydroxylation sites is 2. The first kappa shape index (κ1) is 16.6. The van der Waals surface area contributed by atoms with Crippen molar-refractivity contribution >= 4 is 22.6 Å². The van der Waals surface area contributed by atoms with Crippen LogP contribution in [-0.2, 0) is 24.8 Å². The second-order valence-corrected chi connectivity index (χ2v) is 7.17. The number of nitrogens with zero attached hydrogens (tertiary/aromatic N) is 2. The lowest BCUT2D eigenvalue weighted by Crippen LogP contribution is -2.28. The van der Waals surface area contributed by atoms with Gasteiger partial charge < -0.3 is 5.32 Å². The molecule has 1 aromatic heterocycles. The Balaban J connectivity index is 1.40. The topological polar surface area (TPSA) is 56.0 Å². The Labute approximate surface area is 161 Å². The molecule has 1 aliphatic rings. The van der Waals surface area contributed by atoms with E-state index in [0.717, 1.165) is 23.1 Å². The van der Waals surface area contributed by atoms with Crippen molar-refractivity contribution in [3.63, 3.8) is 0 Å². The SMILES string of the molecule is Cn1c(=O)n(CC(=O)Nc2ccc3c(c2)Cc2ccccc2-3)c2ccccc21. The summed E-state index contributed by atoms with van der Waals surface area (Å²) in [6.45, 7) is -0.0164. The molecule has 0 atom stereocenters. The number of aromatic nitrogens is 2. The van der Waals surface area contributed by atoms with Gasteiger partial charge >= 0.3 is 5.69 Å². The van der Waals surface area contributed by atoms with E-state index in [9.17, 15) is 9.59 Å². The van der Waals surface area contributed by atoms with Gasteiger partial charge in [-0.25, -0.2) is 4.79 Å². The molecule has 5 rings (SSSR count). The average molecular weight is 369 g/mol. The van der Waals surface area contributed by atoms with Crippen molar-refractivity contribution in [3.8, 4) is 11.1 Å². The first-order valence-electron chi connectivity index (χ1n) is 9.27. The van der Waals surface area contributed by atoms with E-state index in [1.54, 1.807) is 11.6 Å². The van der Waals surface area contributed by atoms with Gasteiger partial charge in [-0.15, -0.1) is 0 Å². The second-order valence-electron chi connectivity index (χ2n) is 7.17. The van der Waals surface area contributed by atoms with Gasteiger partial charge in [0.1, 0.15) is 6.54 Å². The van der Waals surface area contributed by atoms with E-state index in [1.807, 2.05) is 42.5 Å². The highest BCUT2D eigenvalue weighted by atomic mass is 16.2. The molecule has 4 aromatic rings. The Morgan fingerprint density at radius 3 is 2.50 bits per heavy atom. The van der Waals surface area contributed by atoms with Gasteiger partial charge in [0.15, 0.2) is 0 Å². The quantitative estimate of drug-likeness (QED) is 0.529. The van der Waals surface area contributed by atoms with Gasteiger partial charge in [0.05, 0.1) is 11.0 Å². The van der Waals surface area contributed by atoms with Crippen LogP contribution in [0.5, 0.6) is 0 Å². The minimum Gasteiger partial charge on any atom is -0.325 e. The molecule has 1 amide bonds. The van der Waals surface area contributed by atoms with E-state index in [2.05, 4.69) is 29.6 Å². The molecule has 0 bridgehead atoms. The summed E-state index contributed by atoms with van der Waals surface area (Å²) in [6, 6.07) is 21.9. The first-order valence-corrected chi connectivity index (χ1v) is 9.27. The monoisotopic (exact) mass is 369 g/mol. The van der Waals surface area contributed by atoms with Crippen LogP contribution >= 0.6 is 0 Å². The summed E-state index contributed by atoms with van der Waals surface area (Å²) >= 11 is 0. The van der Waals surface area contributed by atoms with Crippen molar-refractivity contribution in [1.82, 2.24) is 9.13 Å². The zero-order valence-electron chi connectivity index (χ0n) is 15.5. The summed E-state index contributed by atoms with van der Waals surface area (Å²) in [5.41, 5.74) is 7.14. The van der Waals surface area contributed by atoms with E-state index in [1.165, 1.54) is 26.8 Å². The van der Waals surface area contributed by atoms with Crippen LogP contribution in [0.2, 0.25) is 0 Å². The number of carbonyl (C=O) groups excluding carboxylic acids is 1. The summed E-state index contributed by atoms with van der Waals surface area (Å²) in [5.74, 6) is -0.214. The maximum atomic E-state index is 12.6. The van der Waals surface area contributed by atoms with Gasteiger partial charge in [0.25, 0.3) is 0 Å². The number of benzene rings is 3. The standard InChI is InChI=1S/C23H19N3O2/c1-25-20-8-4-5-9-21(20)26(23(25)28)14-22(27)24-17-10-11-19-16(13-17)12-15-6-2-3-7-18(15)19/h2-11,13H,12,14H2,1H3,(H,24,27). The van der Waals surface area contributed by atoms with Crippen molar-refractivity contribution in [3.05, 3.63) is 88.3 Å². The molecule has 5 heteroatoms. The van der Waals surface area contributed by atoms with Crippen molar-refractivity contribution < 1.29 is 4.79 Å². The average Bonchev–Trinajstić information content (AvgIpc) is 3.19. The number of anilines is 1. The minimum atomic E-state index is -0.214. The van der Waals surface area contributed by atoms with Gasteiger partial charge in [0.2, 0.25) is 5.91 Å². The number of imidazole rings is 1. The van der Waals surface area contributed by atoms with Crippen LogP contribution in [0.15, 0.2) is 71.5 Å². The van der Waals surface area contributed by atoms with Gasteiger partial charge in [-0.05, 0) is 52.9 Å². The third-order valence-electron chi connectivity index (χ3n) is 5.43. The summed E-state index contributed by atoms with van der Waals surface area (Å²) < 4.78 is 3.07. The van der Waals surface area contributed by atoms with Gasteiger partial charge in [-0.2, -0.15) is 0 Å². The third-order valence-corrected chi connectivity index (χ3v) is 5.43. The number of rotatable bonds is 3. The second kappa shape index (κ2) is 6.23. The third kappa shape index (κ3) is 2.55. The summed E-state index contributed by atoms with van der Waals surface area (Å²) in [5, 5.41) is 2.94. The number of nitrogens with one attached hydrogen (secondary N) is 1. The molecule has 138 valence electrons. The van der Waals surface area contributed by atoms with Crippen LogP contribution in [0.3, 0.4) is 0 Å². The Hall–Kier alpha value is -3.60. The number of fused-ring (bicyclic) bond motifs is 4. The zero-order valence-corrected chi connectivity index (χ0v) is 15.5. The fraction of sp³-hybridized carbons (Fsp3) is 0.130. The lowest BCUT2D eigenvalue weighted by atomic mass is 10.1. The zero-order chi connectivity index (χ0) is 19.3. The van der Waals surface area contributed by atoms with Crippen molar-refractivity contribution in [2.45, 2.75) is 13.0 Å². The van der Waals surface area contributed by atoms with E-state index >= 15 is 0 Å². The Morgan fingerprint density at radius 2 is 1.64 bits per heavy atom. The van der Waals surface area contributed by atoms with Crippen LogP contribution < -0.4 is 11.0 Å². The molecule has 0 saturated heterocycles. The maximum Gasteiger partial charge on any atom is 0.329 e. The number of amides is 1. The molecule has 0 radical (unpaired) electrons. The predicted molar refractivity (Wildman–Crippen MR) is 110 cm³/mol. The smallest absolute Gasteiger partial charge is 0.325 e. The number of carbonyl (C=O) groups is 1. The Bertz CT molecular complexity index is 1300. The minimum absolute atomic E-state index is 0.0164. The van der Waals surface area contributed by atoms with Crippen LogP contribution in [0.25, 0.3) is 22.2 Å². The molecule has 1 N–H and O–H groups in total. The van der Waals surface area contributed by atoms with E-state index in [4.69, 9.17) is 0 Å². The van der Waals surface area contributed by atoms with Crippen LogP contribution in [0.4, 0.5) is 5.69 Å². The number of hydrogen-bond acceptors (Lipinski definition) is 2. The highest BCUT2D eigenvalue weighted by Crippen LogP contribution is 2.37. The van der Waals surface area contributed by atoms with E-state index < -0.39 is 0 Å². The fourth-order valence-electron chi connectivity index (χ4n) is 4.08. The van der Waals surface area contributed by atoms with Crippen LogP contribution in [0.1, 0.15) is 11.1 Å². The van der Waals surface area contributed by atoms with Crippen LogP contribution in [0, 0.1) is 0 Å².